The summed E-state index contributed by atoms with van der Waals surface area (Å²) in [5.74, 6) is 1.94. The Labute approximate surface area is 204 Å². The van der Waals surface area contributed by atoms with Gasteiger partial charge in [0.1, 0.15) is 5.76 Å². The van der Waals surface area contributed by atoms with E-state index in [0.717, 1.165) is 25.0 Å². The SMILES string of the molecule is C1=CC2([C@@]34C=CCCC3c3ccoc3-c3ccccc34)c3ccccc3-c3ccsc3C2CC1. The zero-order chi connectivity index (χ0) is 22.3. The van der Waals surface area contributed by atoms with Gasteiger partial charge in [-0.25, -0.2) is 0 Å². The van der Waals surface area contributed by atoms with Gasteiger partial charge >= 0.3 is 0 Å². The van der Waals surface area contributed by atoms with Crippen LogP contribution in [-0.2, 0) is 10.8 Å². The Hall–Kier alpha value is -3.10. The predicted octanol–water partition coefficient (Wildman–Crippen LogP) is 8.75. The van der Waals surface area contributed by atoms with E-state index in [1.54, 1.807) is 4.88 Å². The predicted molar refractivity (Wildman–Crippen MR) is 139 cm³/mol. The Morgan fingerprint density at radius 2 is 1.38 bits per heavy atom. The number of hydrogen-bond acceptors (Lipinski definition) is 2. The second kappa shape index (κ2) is 6.73. The maximum atomic E-state index is 6.17. The van der Waals surface area contributed by atoms with Crippen LogP contribution in [0, 0.1) is 0 Å². The van der Waals surface area contributed by atoms with Crippen LogP contribution in [0.2, 0.25) is 0 Å². The van der Waals surface area contributed by atoms with Gasteiger partial charge in [0.25, 0.3) is 0 Å². The van der Waals surface area contributed by atoms with Gasteiger partial charge in [-0.15, -0.1) is 11.3 Å². The smallest absolute Gasteiger partial charge is 0.137 e. The van der Waals surface area contributed by atoms with Crippen molar-refractivity contribution < 1.29 is 4.42 Å². The minimum Gasteiger partial charge on any atom is -0.464 e. The molecule has 0 aliphatic heterocycles. The van der Waals surface area contributed by atoms with Gasteiger partial charge in [-0.05, 0) is 65.4 Å². The minimum absolute atomic E-state index is 0.133. The molecule has 8 rings (SSSR count). The number of fused-ring (bicyclic) bond motifs is 13. The van der Waals surface area contributed by atoms with Crippen molar-refractivity contribution in [3.63, 3.8) is 0 Å². The third kappa shape index (κ3) is 2.08. The van der Waals surface area contributed by atoms with Crippen molar-refractivity contribution in [2.24, 2.45) is 0 Å². The maximum absolute atomic E-state index is 6.17. The summed E-state index contributed by atoms with van der Waals surface area (Å²) < 4.78 is 6.17. The van der Waals surface area contributed by atoms with Gasteiger partial charge in [0.05, 0.1) is 6.26 Å². The molecule has 4 aromatic rings. The van der Waals surface area contributed by atoms with Crippen LogP contribution >= 0.6 is 11.3 Å². The monoisotopic (exact) mass is 458 g/mol. The van der Waals surface area contributed by atoms with Crippen molar-refractivity contribution in [1.29, 1.82) is 0 Å². The summed E-state index contributed by atoms with van der Waals surface area (Å²) in [6, 6.07) is 23.0. The molecule has 0 saturated heterocycles. The lowest BCUT2D eigenvalue weighted by Gasteiger charge is -2.61. The lowest BCUT2D eigenvalue weighted by atomic mass is 9.41. The van der Waals surface area contributed by atoms with E-state index in [4.69, 9.17) is 4.42 Å². The number of thiophene rings is 1. The van der Waals surface area contributed by atoms with Gasteiger partial charge in [-0.1, -0.05) is 72.8 Å². The topological polar surface area (TPSA) is 13.1 Å². The first-order valence-corrected chi connectivity index (χ1v) is 13.4. The van der Waals surface area contributed by atoms with Crippen LogP contribution in [0.25, 0.3) is 22.5 Å². The Morgan fingerprint density at radius 3 is 2.21 bits per heavy atom. The molecule has 34 heavy (non-hydrogen) atoms. The zero-order valence-electron chi connectivity index (χ0n) is 19.0. The van der Waals surface area contributed by atoms with Crippen molar-refractivity contribution in [2.45, 2.75) is 48.3 Å². The largest absolute Gasteiger partial charge is 0.464 e. The van der Waals surface area contributed by atoms with Crippen molar-refractivity contribution in [2.75, 3.05) is 0 Å². The quantitative estimate of drug-likeness (QED) is 0.260. The molecular weight excluding hydrogens is 432 g/mol. The molecule has 2 aromatic heterocycles. The van der Waals surface area contributed by atoms with Gasteiger partial charge in [-0.2, -0.15) is 0 Å². The molecule has 2 aromatic carbocycles. The standard InChI is InChI=1S/C32H26OS/c1-3-11-25-21(9-1)22-16-20-34-30(22)28-14-6-8-18-32(25,28)31-17-7-5-13-27(31)24-15-19-33-29(24)23-10-2-4-12-26(23)31/h1-4,7-12,15-20,27-28H,5-6,13-14H2/t27?,28?,31-,32?/m1/s1. The molecule has 0 fully saturated rings. The van der Waals surface area contributed by atoms with Crippen LogP contribution in [0.3, 0.4) is 0 Å². The normalized spacial score (nSPS) is 29.9. The first-order chi connectivity index (χ1) is 16.9. The third-order valence-electron chi connectivity index (χ3n) is 9.15. The highest BCUT2D eigenvalue weighted by Crippen LogP contribution is 2.70. The molecule has 4 aliphatic carbocycles. The summed E-state index contributed by atoms with van der Waals surface area (Å²) in [6.07, 6.45) is 16.7. The molecule has 4 aliphatic rings. The minimum atomic E-state index is -0.155. The lowest BCUT2D eigenvalue weighted by Crippen LogP contribution is -2.57. The summed E-state index contributed by atoms with van der Waals surface area (Å²) in [7, 11) is 0. The molecule has 3 unspecified atom stereocenters. The van der Waals surface area contributed by atoms with E-state index < -0.39 is 0 Å². The van der Waals surface area contributed by atoms with Gasteiger partial charge in [0.2, 0.25) is 0 Å². The third-order valence-corrected chi connectivity index (χ3v) is 10.2. The summed E-state index contributed by atoms with van der Waals surface area (Å²) in [5.41, 5.74) is 8.19. The van der Waals surface area contributed by atoms with Crippen LogP contribution in [0.15, 0.2) is 101 Å². The van der Waals surface area contributed by atoms with E-state index in [1.807, 2.05) is 17.6 Å². The van der Waals surface area contributed by atoms with Crippen LogP contribution in [-0.4, -0.2) is 0 Å². The first-order valence-electron chi connectivity index (χ1n) is 12.6. The number of benzene rings is 2. The molecule has 4 atom stereocenters. The Balaban J connectivity index is 1.56. The van der Waals surface area contributed by atoms with Gasteiger partial charge < -0.3 is 4.42 Å². The van der Waals surface area contributed by atoms with E-state index in [9.17, 15) is 0 Å². The molecular formula is C32H26OS. The van der Waals surface area contributed by atoms with Gasteiger partial charge in [0.15, 0.2) is 0 Å². The fraction of sp³-hybridized carbons (Fsp3) is 0.250. The number of rotatable bonds is 1. The molecule has 2 heterocycles. The molecule has 0 amide bonds. The highest BCUT2D eigenvalue weighted by molar-refractivity contribution is 7.10. The van der Waals surface area contributed by atoms with E-state index in [-0.39, 0.29) is 10.8 Å². The van der Waals surface area contributed by atoms with E-state index in [2.05, 4.69) is 90.3 Å². The summed E-state index contributed by atoms with van der Waals surface area (Å²) in [4.78, 5) is 1.57. The number of hydrogen-bond donors (Lipinski definition) is 0. The number of furan rings is 1. The van der Waals surface area contributed by atoms with Crippen molar-refractivity contribution in [1.82, 2.24) is 0 Å². The summed E-state index contributed by atoms with van der Waals surface area (Å²) in [5, 5.41) is 2.31. The Morgan fingerprint density at radius 1 is 0.706 bits per heavy atom. The average molecular weight is 459 g/mol. The van der Waals surface area contributed by atoms with Gasteiger partial charge in [-0.3, -0.25) is 0 Å². The fourth-order valence-electron chi connectivity index (χ4n) is 8.09. The Bertz CT molecular complexity index is 1380. The molecule has 0 spiro atoms. The van der Waals surface area contributed by atoms with Crippen molar-refractivity contribution in [3.8, 4) is 22.5 Å². The van der Waals surface area contributed by atoms with Crippen molar-refractivity contribution >= 4 is 11.3 Å². The summed E-state index contributed by atoms with van der Waals surface area (Å²) >= 11 is 1.97. The first kappa shape index (κ1) is 19.2. The number of allylic oxidation sites excluding steroid dienone is 4. The second-order valence-corrected chi connectivity index (χ2v) is 11.2. The van der Waals surface area contributed by atoms with Gasteiger partial charge in [0, 0.05) is 38.7 Å². The second-order valence-electron chi connectivity index (χ2n) is 10.3. The molecule has 0 saturated carbocycles. The molecule has 166 valence electrons. The summed E-state index contributed by atoms with van der Waals surface area (Å²) in [6.45, 7) is 0. The van der Waals surface area contributed by atoms with Crippen molar-refractivity contribution in [3.05, 3.63) is 118 Å². The van der Waals surface area contributed by atoms with Crippen LogP contribution in [0.5, 0.6) is 0 Å². The molecule has 0 bridgehead atoms. The van der Waals surface area contributed by atoms with E-state index in [1.165, 1.54) is 39.8 Å². The van der Waals surface area contributed by atoms with E-state index >= 15 is 0 Å². The average Bonchev–Trinajstić information content (AvgIpc) is 3.59. The van der Waals surface area contributed by atoms with Crippen LogP contribution < -0.4 is 0 Å². The highest BCUT2D eigenvalue weighted by Gasteiger charge is 2.64. The molecule has 1 nitrogen and oxygen atoms in total. The van der Waals surface area contributed by atoms with Crippen LogP contribution in [0.4, 0.5) is 0 Å². The van der Waals surface area contributed by atoms with Crippen LogP contribution in [0.1, 0.15) is 59.1 Å². The maximum Gasteiger partial charge on any atom is 0.137 e. The fourth-order valence-corrected chi connectivity index (χ4v) is 9.21. The molecule has 0 radical (unpaired) electrons. The lowest BCUT2D eigenvalue weighted by molar-refractivity contribution is 0.200. The molecule has 0 N–H and O–H groups in total. The van der Waals surface area contributed by atoms with E-state index in [0.29, 0.717) is 11.8 Å². The zero-order valence-corrected chi connectivity index (χ0v) is 19.9. The molecule has 2 heteroatoms. The highest BCUT2D eigenvalue weighted by atomic mass is 32.1. The Kier molecular flexibility index (Phi) is 3.81.